The van der Waals surface area contributed by atoms with Crippen molar-refractivity contribution < 1.29 is 17.9 Å². The first-order valence-corrected chi connectivity index (χ1v) is 10.5. The SMILES string of the molecule is COc1ccc(C)cc1NC(=O)CCN(c1cc(C)ccc1C)S(C)(=O)=O. The zero-order chi connectivity index (χ0) is 20.2. The summed E-state index contributed by atoms with van der Waals surface area (Å²) in [7, 11) is -1.98. The summed E-state index contributed by atoms with van der Waals surface area (Å²) >= 11 is 0. The quantitative estimate of drug-likeness (QED) is 0.786. The van der Waals surface area contributed by atoms with Crippen LogP contribution in [0, 0.1) is 20.8 Å². The van der Waals surface area contributed by atoms with Crippen LogP contribution in [0.3, 0.4) is 0 Å². The van der Waals surface area contributed by atoms with Crippen molar-refractivity contribution in [1.29, 1.82) is 0 Å². The molecule has 0 atom stereocenters. The van der Waals surface area contributed by atoms with Gasteiger partial charge in [0.15, 0.2) is 0 Å². The van der Waals surface area contributed by atoms with Crippen molar-refractivity contribution in [3.8, 4) is 5.75 Å². The molecule has 0 saturated heterocycles. The van der Waals surface area contributed by atoms with E-state index in [1.54, 1.807) is 6.07 Å². The summed E-state index contributed by atoms with van der Waals surface area (Å²) in [5, 5.41) is 2.80. The molecule has 2 aromatic carbocycles. The number of carbonyl (C=O) groups excluding carboxylic acids is 1. The van der Waals surface area contributed by atoms with E-state index in [-0.39, 0.29) is 18.9 Å². The molecule has 1 N–H and O–H groups in total. The summed E-state index contributed by atoms with van der Waals surface area (Å²) in [5.74, 6) is 0.279. The highest BCUT2D eigenvalue weighted by Crippen LogP contribution is 2.26. The summed E-state index contributed by atoms with van der Waals surface area (Å²) in [6.45, 7) is 5.73. The molecule has 0 fully saturated rings. The van der Waals surface area contributed by atoms with Crippen molar-refractivity contribution in [2.45, 2.75) is 27.2 Å². The summed E-state index contributed by atoms with van der Waals surface area (Å²) in [6.07, 6.45) is 1.17. The molecule has 2 aromatic rings. The molecule has 0 spiro atoms. The number of nitrogens with one attached hydrogen (secondary N) is 1. The zero-order valence-corrected chi connectivity index (χ0v) is 17.2. The summed E-state index contributed by atoms with van der Waals surface area (Å²) in [5.41, 5.74) is 3.95. The lowest BCUT2D eigenvalue weighted by molar-refractivity contribution is -0.116. The zero-order valence-electron chi connectivity index (χ0n) is 16.4. The molecule has 0 aliphatic carbocycles. The van der Waals surface area contributed by atoms with Gasteiger partial charge in [-0.15, -0.1) is 0 Å². The molecular formula is C20H26N2O4S. The number of benzene rings is 2. The van der Waals surface area contributed by atoms with Crippen LogP contribution in [-0.2, 0) is 14.8 Å². The number of hydrogen-bond acceptors (Lipinski definition) is 4. The minimum absolute atomic E-state index is 0.0253. The van der Waals surface area contributed by atoms with Gasteiger partial charge in [-0.3, -0.25) is 9.10 Å². The Morgan fingerprint density at radius 2 is 1.70 bits per heavy atom. The first-order valence-electron chi connectivity index (χ1n) is 8.61. The third kappa shape index (κ3) is 5.47. The Morgan fingerprint density at radius 3 is 2.33 bits per heavy atom. The fourth-order valence-corrected chi connectivity index (χ4v) is 3.77. The predicted octanol–water partition coefficient (Wildman–Crippen LogP) is 3.42. The summed E-state index contributed by atoms with van der Waals surface area (Å²) in [4.78, 5) is 12.4. The molecule has 0 saturated carbocycles. The van der Waals surface area contributed by atoms with E-state index in [1.807, 2.05) is 51.1 Å². The maximum atomic E-state index is 12.4. The molecule has 0 aromatic heterocycles. The monoisotopic (exact) mass is 390 g/mol. The predicted molar refractivity (Wildman–Crippen MR) is 109 cm³/mol. The van der Waals surface area contributed by atoms with Gasteiger partial charge in [-0.2, -0.15) is 0 Å². The number of sulfonamides is 1. The van der Waals surface area contributed by atoms with Gasteiger partial charge in [-0.1, -0.05) is 18.2 Å². The van der Waals surface area contributed by atoms with Crippen LogP contribution in [0.2, 0.25) is 0 Å². The maximum absolute atomic E-state index is 12.4. The van der Waals surface area contributed by atoms with Crippen LogP contribution in [0.25, 0.3) is 0 Å². The largest absolute Gasteiger partial charge is 0.495 e. The molecule has 0 unspecified atom stereocenters. The van der Waals surface area contributed by atoms with Gasteiger partial charge in [0.1, 0.15) is 5.75 Å². The van der Waals surface area contributed by atoms with Gasteiger partial charge in [0.05, 0.1) is 24.7 Å². The van der Waals surface area contributed by atoms with E-state index in [0.717, 1.165) is 22.9 Å². The van der Waals surface area contributed by atoms with E-state index in [1.165, 1.54) is 11.4 Å². The fraction of sp³-hybridized carbons (Fsp3) is 0.350. The highest BCUT2D eigenvalue weighted by molar-refractivity contribution is 7.92. The molecule has 0 aliphatic rings. The number of hydrogen-bond donors (Lipinski definition) is 1. The molecule has 27 heavy (non-hydrogen) atoms. The van der Waals surface area contributed by atoms with Crippen molar-refractivity contribution in [2.75, 3.05) is 29.5 Å². The highest BCUT2D eigenvalue weighted by atomic mass is 32.2. The van der Waals surface area contributed by atoms with Crippen LogP contribution in [0.1, 0.15) is 23.1 Å². The average molecular weight is 391 g/mol. The second-order valence-corrected chi connectivity index (χ2v) is 8.53. The average Bonchev–Trinajstić information content (AvgIpc) is 2.57. The molecule has 0 bridgehead atoms. The topological polar surface area (TPSA) is 75.7 Å². The van der Waals surface area contributed by atoms with E-state index in [9.17, 15) is 13.2 Å². The third-order valence-corrected chi connectivity index (χ3v) is 5.38. The Labute approximate surface area is 161 Å². The van der Waals surface area contributed by atoms with Gasteiger partial charge in [0.25, 0.3) is 0 Å². The standard InChI is InChI=1S/C20H26N2O4S/c1-14-7-9-19(26-4)17(12-14)21-20(23)10-11-22(27(5,24)25)18-13-15(2)6-8-16(18)3/h6-9,12-13H,10-11H2,1-5H3,(H,21,23). The molecule has 2 rings (SSSR count). The van der Waals surface area contributed by atoms with E-state index in [0.29, 0.717) is 17.1 Å². The molecule has 0 radical (unpaired) electrons. The molecule has 0 aliphatic heterocycles. The number of carbonyl (C=O) groups is 1. The molecule has 7 heteroatoms. The van der Waals surface area contributed by atoms with Gasteiger partial charge in [-0.05, 0) is 55.7 Å². The Kier molecular flexibility index (Phi) is 6.49. The lowest BCUT2D eigenvalue weighted by Gasteiger charge is -2.24. The van der Waals surface area contributed by atoms with Crippen molar-refractivity contribution in [3.63, 3.8) is 0 Å². The number of nitrogens with zero attached hydrogens (tertiary/aromatic N) is 1. The number of rotatable bonds is 7. The number of amides is 1. The molecule has 0 heterocycles. The van der Waals surface area contributed by atoms with Gasteiger partial charge in [0, 0.05) is 13.0 Å². The molecular weight excluding hydrogens is 364 g/mol. The molecule has 6 nitrogen and oxygen atoms in total. The second kappa shape index (κ2) is 8.43. The Hall–Kier alpha value is -2.54. The number of anilines is 2. The highest BCUT2D eigenvalue weighted by Gasteiger charge is 2.21. The van der Waals surface area contributed by atoms with Gasteiger partial charge in [0.2, 0.25) is 15.9 Å². The van der Waals surface area contributed by atoms with Crippen molar-refractivity contribution in [1.82, 2.24) is 0 Å². The van der Waals surface area contributed by atoms with Gasteiger partial charge in [-0.25, -0.2) is 8.42 Å². The smallest absolute Gasteiger partial charge is 0.232 e. The van der Waals surface area contributed by atoms with Crippen LogP contribution in [0.4, 0.5) is 11.4 Å². The van der Waals surface area contributed by atoms with Crippen molar-refractivity contribution >= 4 is 27.3 Å². The maximum Gasteiger partial charge on any atom is 0.232 e. The number of ether oxygens (including phenoxy) is 1. The molecule has 1 amide bonds. The molecule has 146 valence electrons. The lowest BCUT2D eigenvalue weighted by atomic mass is 10.1. The van der Waals surface area contributed by atoms with Crippen LogP contribution in [0.15, 0.2) is 36.4 Å². The Balaban J connectivity index is 2.17. The van der Waals surface area contributed by atoms with Crippen LogP contribution < -0.4 is 14.4 Å². The van der Waals surface area contributed by atoms with Crippen LogP contribution in [0.5, 0.6) is 5.75 Å². The first kappa shape index (κ1) is 20.8. The Bertz CT molecular complexity index is 939. The van der Waals surface area contributed by atoms with E-state index in [4.69, 9.17) is 4.74 Å². The van der Waals surface area contributed by atoms with Crippen LogP contribution in [-0.4, -0.2) is 34.2 Å². The minimum atomic E-state index is -3.52. The van der Waals surface area contributed by atoms with E-state index >= 15 is 0 Å². The lowest BCUT2D eigenvalue weighted by Crippen LogP contribution is -2.33. The van der Waals surface area contributed by atoms with E-state index in [2.05, 4.69) is 5.32 Å². The summed E-state index contributed by atoms with van der Waals surface area (Å²) in [6, 6.07) is 11.1. The van der Waals surface area contributed by atoms with Gasteiger partial charge < -0.3 is 10.1 Å². The van der Waals surface area contributed by atoms with Crippen molar-refractivity contribution in [2.24, 2.45) is 0 Å². The first-order chi connectivity index (χ1) is 12.6. The third-order valence-electron chi connectivity index (χ3n) is 4.20. The fourth-order valence-electron chi connectivity index (χ4n) is 2.79. The van der Waals surface area contributed by atoms with E-state index < -0.39 is 10.0 Å². The van der Waals surface area contributed by atoms with Gasteiger partial charge >= 0.3 is 0 Å². The minimum Gasteiger partial charge on any atom is -0.495 e. The second-order valence-electron chi connectivity index (χ2n) is 6.63. The number of methoxy groups -OCH3 is 1. The normalized spacial score (nSPS) is 11.1. The number of aryl methyl sites for hydroxylation is 3. The Morgan fingerprint density at radius 1 is 1.07 bits per heavy atom. The van der Waals surface area contributed by atoms with Crippen LogP contribution >= 0.6 is 0 Å². The summed E-state index contributed by atoms with van der Waals surface area (Å²) < 4.78 is 31.1. The van der Waals surface area contributed by atoms with Crippen molar-refractivity contribution in [3.05, 3.63) is 53.1 Å².